The highest BCUT2D eigenvalue weighted by atomic mass is 35.5. The molecule has 5 nitrogen and oxygen atoms in total. The Hall–Kier alpha value is -0.720. The Kier molecular flexibility index (Phi) is 3.25. The lowest BCUT2D eigenvalue weighted by Gasteiger charge is -2.23. The van der Waals surface area contributed by atoms with Crippen LogP contribution in [-0.4, -0.2) is 38.1 Å². The Labute approximate surface area is 114 Å². The van der Waals surface area contributed by atoms with Crippen molar-refractivity contribution >= 4 is 29.1 Å². The van der Waals surface area contributed by atoms with Gasteiger partial charge in [-0.2, -0.15) is 0 Å². The summed E-state index contributed by atoms with van der Waals surface area (Å²) in [6.45, 7) is 1.34. The van der Waals surface area contributed by atoms with Crippen molar-refractivity contribution in [3.8, 4) is 0 Å². The van der Waals surface area contributed by atoms with Crippen LogP contribution in [0, 0.1) is 11.8 Å². The molecule has 2 aliphatic rings. The molecule has 0 amide bonds. The monoisotopic (exact) mass is 287 g/mol. The summed E-state index contributed by atoms with van der Waals surface area (Å²) in [7, 11) is 0. The molecule has 1 N–H and O–H groups in total. The van der Waals surface area contributed by atoms with E-state index in [4.69, 9.17) is 11.6 Å². The van der Waals surface area contributed by atoms with E-state index in [0.717, 1.165) is 37.3 Å². The van der Waals surface area contributed by atoms with Crippen LogP contribution in [0.25, 0.3) is 0 Å². The topological polar surface area (TPSA) is 66.3 Å². The maximum atomic E-state index is 11.5. The summed E-state index contributed by atoms with van der Waals surface area (Å²) in [4.78, 5) is 13.5. The molecule has 2 heterocycles. The highest BCUT2D eigenvalue weighted by Crippen LogP contribution is 2.42. The zero-order chi connectivity index (χ0) is 12.7. The van der Waals surface area contributed by atoms with E-state index in [9.17, 15) is 9.90 Å². The fourth-order valence-electron chi connectivity index (χ4n) is 3.38. The number of nitrogens with zero attached hydrogens (tertiary/aromatic N) is 3. The molecule has 98 valence electrons. The van der Waals surface area contributed by atoms with Crippen molar-refractivity contribution in [2.24, 2.45) is 11.8 Å². The van der Waals surface area contributed by atoms with Crippen LogP contribution in [0.3, 0.4) is 0 Å². The van der Waals surface area contributed by atoms with Gasteiger partial charge in [0.25, 0.3) is 0 Å². The molecule has 1 aromatic heterocycles. The van der Waals surface area contributed by atoms with E-state index in [1.54, 1.807) is 0 Å². The predicted octanol–water partition coefficient (Wildman–Crippen LogP) is 1.88. The molecule has 1 saturated heterocycles. The number of hydrogen-bond donors (Lipinski definition) is 1. The number of likely N-dealkylation sites (tertiary alicyclic amines) is 1. The molecule has 7 heteroatoms. The van der Waals surface area contributed by atoms with Gasteiger partial charge in [-0.3, -0.25) is 9.69 Å². The summed E-state index contributed by atoms with van der Waals surface area (Å²) in [5, 5.41) is 13.4. The van der Waals surface area contributed by atoms with Crippen LogP contribution >= 0.6 is 23.1 Å². The maximum Gasteiger partial charge on any atom is 0.321 e. The van der Waals surface area contributed by atoms with Gasteiger partial charge in [-0.25, -0.2) is 0 Å². The third kappa shape index (κ3) is 2.02. The quantitative estimate of drug-likeness (QED) is 0.919. The number of fused-ring (bicyclic) bond motifs is 1. The molecule has 0 aromatic carbocycles. The van der Waals surface area contributed by atoms with E-state index in [-0.39, 0.29) is 6.04 Å². The Morgan fingerprint density at radius 1 is 1.56 bits per heavy atom. The fraction of sp³-hybridized carbons (Fsp3) is 0.727. The second-order valence-corrected chi connectivity index (χ2v) is 6.42. The van der Waals surface area contributed by atoms with E-state index in [1.807, 2.05) is 4.90 Å². The first-order valence-corrected chi connectivity index (χ1v) is 7.25. The van der Waals surface area contributed by atoms with Gasteiger partial charge in [0.2, 0.25) is 0 Å². The van der Waals surface area contributed by atoms with E-state index in [2.05, 4.69) is 9.59 Å². The molecule has 1 saturated carbocycles. The number of aromatic nitrogens is 2. The van der Waals surface area contributed by atoms with Gasteiger partial charge < -0.3 is 5.11 Å². The van der Waals surface area contributed by atoms with Gasteiger partial charge >= 0.3 is 5.97 Å². The number of carboxylic acids is 1. The standard InChI is InChI=1S/C11H14ClN3O2S/c12-10-8(13-14-18-10)5-15-4-6-2-1-3-7(6)9(15)11(16)17/h6-7,9H,1-5H2,(H,16,17). The first kappa shape index (κ1) is 12.3. The lowest BCUT2D eigenvalue weighted by Crippen LogP contribution is -2.39. The minimum atomic E-state index is -0.719. The minimum Gasteiger partial charge on any atom is -0.480 e. The predicted molar refractivity (Wildman–Crippen MR) is 67.6 cm³/mol. The van der Waals surface area contributed by atoms with Crippen LogP contribution in [-0.2, 0) is 11.3 Å². The summed E-state index contributed by atoms with van der Waals surface area (Å²) in [5.41, 5.74) is 0.702. The Morgan fingerprint density at radius 2 is 2.39 bits per heavy atom. The highest BCUT2D eigenvalue weighted by molar-refractivity contribution is 7.10. The summed E-state index contributed by atoms with van der Waals surface area (Å²) in [6, 6.07) is -0.379. The number of halogens is 1. The van der Waals surface area contributed by atoms with Gasteiger partial charge in [-0.1, -0.05) is 22.5 Å². The van der Waals surface area contributed by atoms with Gasteiger partial charge in [-0.05, 0) is 24.7 Å². The smallest absolute Gasteiger partial charge is 0.321 e. The minimum absolute atomic E-state index is 0.299. The van der Waals surface area contributed by atoms with Crippen molar-refractivity contribution in [1.29, 1.82) is 0 Å². The molecule has 1 aliphatic carbocycles. The van der Waals surface area contributed by atoms with E-state index in [1.165, 1.54) is 0 Å². The second-order valence-electron chi connectivity index (χ2n) is 5.06. The van der Waals surface area contributed by atoms with Gasteiger partial charge in [0.1, 0.15) is 16.1 Å². The van der Waals surface area contributed by atoms with Crippen LogP contribution in [0.15, 0.2) is 0 Å². The fourth-order valence-corrected chi connectivity index (χ4v) is 3.99. The third-order valence-corrected chi connectivity index (χ3v) is 5.09. The summed E-state index contributed by atoms with van der Waals surface area (Å²) >= 11 is 7.13. The van der Waals surface area contributed by atoms with Crippen LogP contribution in [0.5, 0.6) is 0 Å². The van der Waals surface area contributed by atoms with Crippen LogP contribution in [0.4, 0.5) is 0 Å². The van der Waals surface area contributed by atoms with Crippen molar-refractivity contribution in [3.05, 3.63) is 10.0 Å². The van der Waals surface area contributed by atoms with Gasteiger partial charge in [-0.15, -0.1) is 5.10 Å². The third-order valence-electron chi connectivity index (χ3n) is 4.10. The summed E-state index contributed by atoms with van der Waals surface area (Å²) < 4.78 is 4.36. The Bertz CT molecular complexity index is 467. The normalized spacial score (nSPS) is 31.7. The summed E-state index contributed by atoms with van der Waals surface area (Å²) in [5.74, 6) is 0.105. The zero-order valence-corrected chi connectivity index (χ0v) is 11.3. The summed E-state index contributed by atoms with van der Waals surface area (Å²) in [6.07, 6.45) is 3.33. The van der Waals surface area contributed by atoms with E-state index in [0.29, 0.717) is 28.4 Å². The Morgan fingerprint density at radius 3 is 3.06 bits per heavy atom. The lowest BCUT2D eigenvalue weighted by molar-refractivity contribution is -0.143. The van der Waals surface area contributed by atoms with Crippen molar-refractivity contribution in [3.63, 3.8) is 0 Å². The molecule has 3 unspecified atom stereocenters. The molecular formula is C11H14ClN3O2S. The van der Waals surface area contributed by atoms with Crippen LogP contribution < -0.4 is 0 Å². The van der Waals surface area contributed by atoms with Crippen LogP contribution in [0.1, 0.15) is 25.0 Å². The van der Waals surface area contributed by atoms with Crippen molar-refractivity contribution < 1.29 is 9.90 Å². The van der Waals surface area contributed by atoms with Crippen molar-refractivity contribution in [2.75, 3.05) is 6.54 Å². The lowest BCUT2D eigenvalue weighted by atomic mass is 9.94. The van der Waals surface area contributed by atoms with E-state index >= 15 is 0 Å². The molecular weight excluding hydrogens is 274 g/mol. The largest absolute Gasteiger partial charge is 0.480 e. The van der Waals surface area contributed by atoms with Gasteiger partial charge in [0.15, 0.2) is 0 Å². The SMILES string of the molecule is O=C(O)C1C2CCCC2CN1Cc1nnsc1Cl. The van der Waals surface area contributed by atoms with Gasteiger partial charge in [0.05, 0.1) is 0 Å². The average molecular weight is 288 g/mol. The average Bonchev–Trinajstić information content (AvgIpc) is 2.95. The molecule has 3 atom stereocenters. The van der Waals surface area contributed by atoms with Crippen molar-refractivity contribution in [2.45, 2.75) is 31.8 Å². The molecule has 2 fully saturated rings. The molecule has 3 rings (SSSR count). The number of carbonyl (C=O) groups is 1. The second kappa shape index (κ2) is 4.75. The zero-order valence-electron chi connectivity index (χ0n) is 9.75. The maximum absolute atomic E-state index is 11.5. The number of carboxylic acid groups (broad SMARTS) is 1. The van der Waals surface area contributed by atoms with Crippen molar-refractivity contribution in [1.82, 2.24) is 14.5 Å². The molecule has 0 spiro atoms. The molecule has 1 aliphatic heterocycles. The number of aliphatic carboxylic acids is 1. The molecule has 18 heavy (non-hydrogen) atoms. The first-order valence-electron chi connectivity index (χ1n) is 6.10. The number of rotatable bonds is 3. The molecule has 1 aromatic rings. The molecule has 0 radical (unpaired) electrons. The van der Waals surface area contributed by atoms with E-state index < -0.39 is 5.97 Å². The Balaban J connectivity index is 1.79. The van der Waals surface area contributed by atoms with Crippen LogP contribution in [0.2, 0.25) is 4.34 Å². The first-order chi connectivity index (χ1) is 8.66. The number of hydrogen-bond acceptors (Lipinski definition) is 5. The molecule has 0 bridgehead atoms. The van der Waals surface area contributed by atoms with Gasteiger partial charge in [0, 0.05) is 24.6 Å². The highest BCUT2D eigenvalue weighted by Gasteiger charge is 2.47.